The van der Waals surface area contributed by atoms with Crippen molar-refractivity contribution >= 4 is 15.9 Å². The van der Waals surface area contributed by atoms with Crippen LogP contribution in [0.25, 0.3) is 0 Å². The lowest BCUT2D eigenvalue weighted by Crippen LogP contribution is -2.37. The predicted molar refractivity (Wildman–Crippen MR) is 89.7 cm³/mol. The Morgan fingerprint density at radius 2 is 2.05 bits per heavy atom. The summed E-state index contributed by atoms with van der Waals surface area (Å²) in [6.07, 6.45) is 4.69. The summed E-state index contributed by atoms with van der Waals surface area (Å²) < 4.78 is 18.9. The van der Waals surface area contributed by atoms with Crippen LogP contribution < -0.4 is 4.74 Å². The molecule has 3 heteroatoms. The van der Waals surface area contributed by atoms with Crippen LogP contribution in [-0.4, -0.2) is 11.9 Å². The largest absolute Gasteiger partial charge is 0.494 e. The normalized spacial score (nSPS) is 26.7. The molecule has 0 saturated heterocycles. The van der Waals surface area contributed by atoms with Crippen LogP contribution >= 0.6 is 15.9 Å². The van der Waals surface area contributed by atoms with E-state index in [0.717, 1.165) is 17.9 Å². The highest BCUT2D eigenvalue weighted by Crippen LogP contribution is 2.45. The fourth-order valence-electron chi connectivity index (χ4n) is 3.67. The molecular formula is C18H26BrFO. The van der Waals surface area contributed by atoms with E-state index in [2.05, 4.69) is 36.7 Å². The Balaban J connectivity index is 2.11. The number of hydrogen-bond acceptors (Lipinski definition) is 1. The molecule has 0 spiro atoms. The molecule has 21 heavy (non-hydrogen) atoms. The van der Waals surface area contributed by atoms with Gasteiger partial charge in [0.1, 0.15) is 0 Å². The van der Waals surface area contributed by atoms with Gasteiger partial charge < -0.3 is 4.74 Å². The molecule has 1 aromatic rings. The lowest BCUT2D eigenvalue weighted by Gasteiger charge is -2.42. The van der Waals surface area contributed by atoms with Gasteiger partial charge in [-0.05, 0) is 54.2 Å². The van der Waals surface area contributed by atoms with Crippen molar-refractivity contribution in [2.24, 2.45) is 17.3 Å². The van der Waals surface area contributed by atoms with E-state index >= 15 is 0 Å². The first kappa shape index (κ1) is 16.8. The molecule has 3 unspecified atom stereocenters. The van der Waals surface area contributed by atoms with E-state index in [4.69, 9.17) is 4.74 Å². The Morgan fingerprint density at radius 1 is 1.33 bits per heavy atom. The van der Waals surface area contributed by atoms with Gasteiger partial charge in [-0.3, -0.25) is 0 Å². The number of methoxy groups -OCH3 is 1. The molecule has 0 aliphatic heterocycles. The molecule has 0 N–H and O–H groups in total. The van der Waals surface area contributed by atoms with Crippen LogP contribution in [0.1, 0.15) is 45.6 Å². The fraction of sp³-hybridized carbons (Fsp3) is 0.667. The first-order chi connectivity index (χ1) is 9.83. The Morgan fingerprint density at radius 3 is 2.62 bits per heavy atom. The van der Waals surface area contributed by atoms with Gasteiger partial charge in [-0.1, -0.05) is 49.2 Å². The van der Waals surface area contributed by atoms with Crippen molar-refractivity contribution in [2.75, 3.05) is 7.11 Å². The first-order valence-electron chi connectivity index (χ1n) is 7.80. The molecule has 0 aromatic heterocycles. The zero-order valence-corrected chi connectivity index (χ0v) is 15.0. The smallest absolute Gasteiger partial charge is 0.165 e. The number of ether oxygens (including phenoxy) is 1. The van der Waals surface area contributed by atoms with Crippen molar-refractivity contribution in [3.63, 3.8) is 0 Å². The highest BCUT2D eigenvalue weighted by atomic mass is 79.9. The second-order valence-corrected chi connectivity index (χ2v) is 8.35. The third-order valence-corrected chi connectivity index (χ3v) is 5.93. The average Bonchev–Trinajstić information content (AvgIpc) is 2.37. The minimum atomic E-state index is -0.265. The van der Waals surface area contributed by atoms with Crippen LogP contribution in [0.3, 0.4) is 0 Å². The molecule has 1 aliphatic carbocycles. The fourth-order valence-corrected chi connectivity index (χ4v) is 5.29. The number of halogens is 2. The molecule has 1 fully saturated rings. The van der Waals surface area contributed by atoms with Gasteiger partial charge in [0, 0.05) is 4.83 Å². The number of rotatable bonds is 4. The SMILES string of the molecule is COc1ccc(CC(C)(C)C2CCC(C)CC2Br)cc1F. The van der Waals surface area contributed by atoms with Crippen LogP contribution in [0.4, 0.5) is 4.39 Å². The van der Waals surface area contributed by atoms with Crippen molar-refractivity contribution < 1.29 is 9.13 Å². The summed E-state index contributed by atoms with van der Waals surface area (Å²) in [6, 6.07) is 5.34. The Bertz CT molecular complexity index is 486. The summed E-state index contributed by atoms with van der Waals surface area (Å²) in [6.45, 7) is 6.95. The Labute approximate surface area is 136 Å². The standard InChI is InChI=1S/C18H26BrFO/c1-12-5-7-14(15(19)9-12)18(2,3)11-13-6-8-17(21-4)16(20)10-13/h6,8,10,12,14-15H,5,7,9,11H2,1-4H3. The summed E-state index contributed by atoms with van der Waals surface area (Å²) in [5.74, 6) is 1.50. The van der Waals surface area contributed by atoms with Crippen LogP contribution in [0.5, 0.6) is 5.75 Å². The minimum Gasteiger partial charge on any atom is -0.494 e. The van der Waals surface area contributed by atoms with E-state index in [9.17, 15) is 4.39 Å². The Hall–Kier alpha value is -0.570. The molecule has 0 bridgehead atoms. The number of alkyl halides is 1. The summed E-state index contributed by atoms with van der Waals surface area (Å²) in [7, 11) is 1.50. The molecule has 0 heterocycles. The van der Waals surface area contributed by atoms with Crippen molar-refractivity contribution in [3.8, 4) is 5.75 Å². The van der Waals surface area contributed by atoms with E-state index in [1.54, 1.807) is 12.1 Å². The molecule has 3 atom stereocenters. The van der Waals surface area contributed by atoms with Crippen LogP contribution in [0.15, 0.2) is 18.2 Å². The average molecular weight is 357 g/mol. The van der Waals surface area contributed by atoms with Crippen molar-refractivity contribution in [2.45, 2.75) is 51.3 Å². The van der Waals surface area contributed by atoms with Gasteiger partial charge in [0.25, 0.3) is 0 Å². The molecular weight excluding hydrogens is 331 g/mol. The zero-order chi connectivity index (χ0) is 15.6. The van der Waals surface area contributed by atoms with Crippen LogP contribution in [0, 0.1) is 23.1 Å². The highest BCUT2D eigenvalue weighted by Gasteiger charge is 2.37. The molecule has 1 aromatic carbocycles. The summed E-state index contributed by atoms with van der Waals surface area (Å²) in [5, 5.41) is 0. The highest BCUT2D eigenvalue weighted by molar-refractivity contribution is 9.09. The van der Waals surface area contributed by atoms with E-state index in [-0.39, 0.29) is 11.2 Å². The second-order valence-electron chi connectivity index (χ2n) is 7.17. The van der Waals surface area contributed by atoms with E-state index in [0.29, 0.717) is 16.5 Å². The molecule has 1 aliphatic rings. The van der Waals surface area contributed by atoms with Crippen LogP contribution in [-0.2, 0) is 6.42 Å². The van der Waals surface area contributed by atoms with Gasteiger partial charge in [0.15, 0.2) is 11.6 Å². The van der Waals surface area contributed by atoms with Crippen molar-refractivity contribution in [1.82, 2.24) is 0 Å². The third-order valence-electron chi connectivity index (χ3n) is 4.91. The number of hydrogen-bond donors (Lipinski definition) is 0. The topological polar surface area (TPSA) is 9.23 Å². The molecule has 1 saturated carbocycles. The summed E-state index contributed by atoms with van der Waals surface area (Å²) in [5.41, 5.74) is 1.21. The van der Waals surface area contributed by atoms with Gasteiger partial charge in [-0.25, -0.2) is 4.39 Å². The number of benzene rings is 1. The maximum absolute atomic E-state index is 13.9. The second kappa shape index (κ2) is 6.68. The lowest BCUT2D eigenvalue weighted by atomic mass is 9.66. The third kappa shape index (κ3) is 4.00. The summed E-state index contributed by atoms with van der Waals surface area (Å²) in [4.78, 5) is 0.569. The van der Waals surface area contributed by atoms with Crippen LogP contribution in [0.2, 0.25) is 0 Å². The summed E-state index contributed by atoms with van der Waals surface area (Å²) >= 11 is 3.89. The Kier molecular flexibility index (Phi) is 5.34. The van der Waals surface area contributed by atoms with Crippen molar-refractivity contribution in [3.05, 3.63) is 29.6 Å². The van der Waals surface area contributed by atoms with Crippen molar-refractivity contribution in [1.29, 1.82) is 0 Å². The van der Waals surface area contributed by atoms with Gasteiger partial charge in [0.05, 0.1) is 7.11 Å². The minimum absolute atomic E-state index is 0.162. The predicted octanol–water partition coefficient (Wildman–Crippen LogP) is 5.60. The zero-order valence-electron chi connectivity index (χ0n) is 13.5. The molecule has 118 valence electrons. The quantitative estimate of drug-likeness (QED) is 0.637. The van der Waals surface area contributed by atoms with Gasteiger partial charge >= 0.3 is 0 Å². The molecule has 2 rings (SSSR count). The lowest BCUT2D eigenvalue weighted by molar-refractivity contribution is 0.147. The maximum Gasteiger partial charge on any atom is 0.165 e. The van der Waals surface area contributed by atoms with E-state index < -0.39 is 0 Å². The van der Waals surface area contributed by atoms with Gasteiger partial charge in [0.2, 0.25) is 0 Å². The molecule has 0 radical (unpaired) electrons. The monoisotopic (exact) mass is 356 g/mol. The molecule has 1 nitrogen and oxygen atoms in total. The first-order valence-corrected chi connectivity index (χ1v) is 8.71. The van der Waals surface area contributed by atoms with E-state index in [1.165, 1.54) is 26.4 Å². The van der Waals surface area contributed by atoms with E-state index in [1.807, 2.05) is 6.07 Å². The maximum atomic E-state index is 13.9. The molecule has 0 amide bonds. The van der Waals surface area contributed by atoms with Gasteiger partial charge in [-0.15, -0.1) is 0 Å². The van der Waals surface area contributed by atoms with Gasteiger partial charge in [-0.2, -0.15) is 0 Å².